The molecule has 112 valence electrons. The number of fused-ring (bicyclic) bond motifs is 1. The van der Waals surface area contributed by atoms with E-state index in [0.717, 1.165) is 24.9 Å². The fraction of sp³-hybridized carbons (Fsp3) is 0.438. The van der Waals surface area contributed by atoms with Gasteiger partial charge in [-0.3, -0.25) is 4.98 Å². The molecule has 1 aromatic heterocycles. The minimum Gasteiger partial charge on any atom is -0.398 e. The van der Waals surface area contributed by atoms with Crippen LogP contribution in [-0.2, 0) is 0 Å². The molecule has 1 saturated heterocycles. The Morgan fingerprint density at radius 1 is 1.52 bits per heavy atom. The van der Waals surface area contributed by atoms with Gasteiger partial charge in [-0.05, 0) is 44.6 Å². The number of benzene rings is 1. The Bertz CT molecular complexity index is 658. The van der Waals surface area contributed by atoms with Crippen molar-refractivity contribution in [3.63, 3.8) is 0 Å². The lowest BCUT2D eigenvalue weighted by atomic mass is 10.1. The summed E-state index contributed by atoms with van der Waals surface area (Å²) in [5.74, 6) is -0.304. The van der Waals surface area contributed by atoms with Gasteiger partial charge >= 0.3 is 0 Å². The maximum Gasteiger partial charge on any atom is 0.150 e. The number of halogens is 1. The van der Waals surface area contributed by atoms with Crippen LogP contribution in [0.4, 0.5) is 15.8 Å². The topological polar surface area (TPSA) is 45.4 Å². The zero-order valence-electron chi connectivity index (χ0n) is 12.5. The molecule has 3 rings (SSSR count). The van der Waals surface area contributed by atoms with E-state index in [-0.39, 0.29) is 5.82 Å². The van der Waals surface area contributed by atoms with Gasteiger partial charge < -0.3 is 15.5 Å². The lowest BCUT2D eigenvalue weighted by molar-refractivity contribution is 0.314. The number of nitrogens with zero attached hydrogens (tertiary/aromatic N) is 3. The van der Waals surface area contributed by atoms with Gasteiger partial charge in [0.1, 0.15) is 0 Å². The average Bonchev–Trinajstić information content (AvgIpc) is 2.84. The van der Waals surface area contributed by atoms with E-state index in [4.69, 9.17) is 5.73 Å². The Morgan fingerprint density at radius 2 is 2.33 bits per heavy atom. The van der Waals surface area contributed by atoms with Crippen molar-refractivity contribution in [3.8, 4) is 0 Å². The van der Waals surface area contributed by atoms with Gasteiger partial charge in [0, 0.05) is 36.9 Å². The summed E-state index contributed by atoms with van der Waals surface area (Å²) < 4.78 is 14.4. The Labute approximate surface area is 124 Å². The van der Waals surface area contributed by atoms with Crippen molar-refractivity contribution in [3.05, 3.63) is 30.2 Å². The summed E-state index contributed by atoms with van der Waals surface area (Å²) in [4.78, 5) is 8.65. The number of aromatic nitrogens is 1. The molecule has 1 fully saturated rings. The summed E-state index contributed by atoms with van der Waals surface area (Å²) in [6.45, 7) is 1.91. The largest absolute Gasteiger partial charge is 0.398 e. The third-order valence-corrected chi connectivity index (χ3v) is 4.39. The lowest BCUT2D eigenvalue weighted by Gasteiger charge is -2.28. The number of anilines is 2. The summed E-state index contributed by atoms with van der Waals surface area (Å²) in [6, 6.07) is 5.57. The van der Waals surface area contributed by atoms with Gasteiger partial charge in [-0.1, -0.05) is 0 Å². The number of nitrogens with two attached hydrogens (primary N) is 1. The molecule has 1 atom stereocenters. The molecule has 2 N–H and O–H groups in total. The van der Waals surface area contributed by atoms with E-state index >= 15 is 0 Å². The van der Waals surface area contributed by atoms with Crippen molar-refractivity contribution in [2.45, 2.75) is 18.9 Å². The number of likely N-dealkylation sites (N-methyl/N-ethyl adjacent to an activating group) is 2. The molecule has 4 nitrogen and oxygen atoms in total. The molecule has 1 aliphatic rings. The standard InChI is InChI=1S/C16H21FN4/c1-20-8-4-5-11(20)10-21(2)16-13(17)9-14(18)12-6-3-7-19-15(12)16/h3,6-7,9,11H,4-5,8,10,18H2,1-2H3. The number of hydrogen-bond donors (Lipinski definition) is 1. The van der Waals surface area contributed by atoms with Crippen molar-refractivity contribution in [1.82, 2.24) is 9.88 Å². The Balaban J connectivity index is 1.99. The molecule has 0 aliphatic carbocycles. The summed E-state index contributed by atoms with van der Waals surface area (Å²) in [5, 5.41) is 0.806. The van der Waals surface area contributed by atoms with Crippen LogP contribution in [0.25, 0.3) is 10.9 Å². The van der Waals surface area contributed by atoms with Crippen LogP contribution in [0.3, 0.4) is 0 Å². The first kappa shape index (κ1) is 14.1. The number of hydrogen-bond acceptors (Lipinski definition) is 4. The van der Waals surface area contributed by atoms with E-state index in [2.05, 4.69) is 16.9 Å². The van der Waals surface area contributed by atoms with Crippen molar-refractivity contribution in [1.29, 1.82) is 0 Å². The van der Waals surface area contributed by atoms with Crippen molar-refractivity contribution in [2.24, 2.45) is 0 Å². The van der Waals surface area contributed by atoms with Crippen LogP contribution >= 0.6 is 0 Å². The maximum atomic E-state index is 14.4. The summed E-state index contributed by atoms with van der Waals surface area (Å²) >= 11 is 0. The molecule has 0 amide bonds. The first-order valence-electron chi connectivity index (χ1n) is 7.32. The second-order valence-electron chi connectivity index (χ2n) is 5.85. The molecular weight excluding hydrogens is 267 g/mol. The molecule has 0 saturated carbocycles. The number of rotatable bonds is 3. The normalized spacial score (nSPS) is 19.3. The van der Waals surface area contributed by atoms with Gasteiger partial charge in [-0.2, -0.15) is 0 Å². The Kier molecular flexibility index (Phi) is 3.68. The van der Waals surface area contributed by atoms with Crippen LogP contribution in [0.2, 0.25) is 0 Å². The highest BCUT2D eigenvalue weighted by atomic mass is 19.1. The molecule has 1 aliphatic heterocycles. The monoisotopic (exact) mass is 288 g/mol. The predicted octanol–water partition coefficient (Wildman–Crippen LogP) is 2.49. The van der Waals surface area contributed by atoms with Crippen molar-refractivity contribution < 1.29 is 4.39 Å². The van der Waals surface area contributed by atoms with E-state index in [1.54, 1.807) is 6.20 Å². The number of pyridine rings is 1. The molecule has 2 heterocycles. The zero-order chi connectivity index (χ0) is 15.0. The van der Waals surface area contributed by atoms with Crippen LogP contribution < -0.4 is 10.6 Å². The van der Waals surface area contributed by atoms with Gasteiger partial charge in [0.2, 0.25) is 0 Å². The van der Waals surface area contributed by atoms with E-state index in [1.165, 1.54) is 12.5 Å². The summed E-state index contributed by atoms with van der Waals surface area (Å²) in [6.07, 6.45) is 4.04. The molecule has 0 spiro atoms. The highest BCUT2D eigenvalue weighted by Gasteiger charge is 2.24. The minimum absolute atomic E-state index is 0.304. The minimum atomic E-state index is -0.304. The summed E-state index contributed by atoms with van der Waals surface area (Å²) in [7, 11) is 4.05. The quantitative estimate of drug-likeness (QED) is 0.881. The molecule has 21 heavy (non-hydrogen) atoms. The second kappa shape index (κ2) is 5.48. The zero-order valence-corrected chi connectivity index (χ0v) is 12.5. The third-order valence-electron chi connectivity index (χ3n) is 4.39. The molecule has 1 unspecified atom stereocenters. The van der Waals surface area contributed by atoms with Crippen LogP contribution in [0.15, 0.2) is 24.4 Å². The van der Waals surface area contributed by atoms with E-state index in [1.807, 2.05) is 24.1 Å². The van der Waals surface area contributed by atoms with E-state index in [9.17, 15) is 4.39 Å². The summed E-state index contributed by atoms with van der Waals surface area (Å²) in [5.41, 5.74) is 7.52. The van der Waals surface area contributed by atoms with E-state index in [0.29, 0.717) is 22.9 Å². The smallest absolute Gasteiger partial charge is 0.150 e. The predicted molar refractivity (Wildman–Crippen MR) is 85.0 cm³/mol. The number of likely N-dealkylation sites (tertiary alicyclic amines) is 1. The van der Waals surface area contributed by atoms with Gasteiger partial charge in [-0.15, -0.1) is 0 Å². The Morgan fingerprint density at radius 3 is 3.05 bits per heavy atom. The second-order valence-corrected chi connectivity index (χ2v) is 5.85. The third kappa shape index (κ3) is 2.53. The van der Waals surface area contributed by atoms with Gasteiger partial charge in [0.15, 0.2) is 5.82 Å². The van der Waals surface area contributed by atoms with E-state index < -0.39 is 0 Å². The first-order chi connectivity index (χ1) is 10.1. The average molecular weight is 288 g/mol. The molecule has 0 bridgehead atoms. The van der Waals surface area contributed by atoms with Crippen molar-refractivity contribution >= 4 is 22.3 Å². The Hall–Kier alpha value is -1.88. The highest BCUT2D eigenvalue weighted by molar-refractivity contribution is 5.98. The van der Waals surface area contributed by atoms with Crippen LogP contribution in [0, 0.1) is 5.82 Å². The molecule has 1 aromatic carbocycles. The van der Waals surface area contributed by atoms with Gasteiger partial charge in [0.25, 0.3) is 0 Å². The molecule has 2 aromatic rings. The lowest BCUT2D eigenvalue weighted by Crippen LogP contribution is -2.37. The van der Waals surface area contributed by atoms with Gasteiger partial charge in [-0.25, -0.2) is 4.39 Å². The number of nitrogen functional groups attached to an aromatic ring is 1. The maximum absolute atomic E-state index is 14.4. The fourth-order valence-corrected chi connectivity index (χ4v) is 3.20. The van der Waals surface area contributed by atoms with Crippen LogP contribution in [0.5, 0.6) is 0 Å². The first-order valence-corrected chi connectivity index (χ1v) is 7.32. The molecule has 5 heteroatoms. The van der Waals surface area contributed by atoms with Gasteiger partial charge in [0.05, 0.1) is 11.2 Å². The molecular formula is C16H21FN4. The van der Waals surface area contributed by atoms with Crippen molar-refractivity contribution in [2.75, 3.05) is 37.8 Å². The SMILES string of the molecule is CN(CC1CCCN1C)c1c(F)cc(N)c2cccnc12. The molecule has 0 radical (unpaired) electrons. The van der Waals surface area contributed by atoms with Crippen LogP contribution in [-0.4, -0.2) is 43.1 Å². The van der Waals surface area contributed by atoms with Crippen LogP contribution in [0.1, 0.15) is 12.8 Å². The fourth-order valence-electron chi connectivity index (χ4n) is 3.20. The highest BCUT2D eigenvalue weighted by Crippen LogP contribution is 2.32.